The summed E-state index contributed by atoms with van der Waals surface area (Å²) in [7, 11) is 1.59. The second kappa shape index (κ2) is 9.16. The normalized spacial score (nSPS) is 10.5. The van der Waals surface area contributed by atoms with Gasteiger partial charge in [-0.3, -0.25) is 9.89 Å². The van der Waals surface area contributed by atoms with Crippen LogP contribution in [-0.2, 0) is 16.1 Å². The molecule has 0 bridgehead atoms. The number of carbonyl (C=O) groups excluding carboxylic acids is 1. The number of nitrogens with zero attached hydrogens (tertiary/aromatic N) is 2. The van der Waals surface area contributed by atoms with Crippen molar-refractivity contribution in [3.8, 4) is 5.75 Å². The van der Waals surface area contributed by atoms with E-state index in [2.05, 4.69) is 20.5 Å². The highest BCUT2D eigenvalue weighted by Gasteiger charge is 2.08. The Morgan fingerprint density at radius 3 is 3.00 bits per heavy atom. The lowest BCUT2D eigenvalue weighted by atomic mass is 10.2. The van der Waals surface area contributed by atoms with E-state index in [-0.39, 0.29) is 11.7 Å². The first-order chi connectivity index (χ1) is 11.2. The molecule has 1 aromatic carbocycles. The molecule has 0 unspecified atom stereocenters. The van der Waals surface area contributed by atoms with Crippen LogP contribution in [0.3, 0.4) is 0 Å². The first-order valence-corrected chi connectivity index (χ1v) is 8.15. The van der Waals surface area contributed by atoms with E-state index in [1.54, 1.807) is 7.11 Å². The van der Waals surface area contributed by atoms with Crippen LogP contribution in [0.4, 0.5) is 0 Å². The number of carbonyl (C=O) groups is 1. The number of methoxy groups -OCH3 is 1. The van der Waals surface area contributed by atoms with E-state index < -0.39 is 0 Å². The fraction of sp³-hybridized carbons (Fsp3) is 0.400. The molecule has 0 aliphatic heterocycles. The molecule has 1 amide bonds. The van der Waals surface area contributed by atoms with Crippen LogP contribution >= 0.6 is 11.8 Å². The Labute approximate surface area is 139 Å². The molecule has 7 nitrogen and oxygen atoms in total. The molecule has 1 heterocycles. The fourth-order valence-corrected chi connectivity index (χ4v) is 2.39. The largest absolute Gasteiger partial charge is 0.485 e. The lowest BCUT2D eigenvalue weighted by Crippen LogP contribution is -2.28. The zero-order valence-electron chi connectivity index (χ0n) is 13.2. The number of hydrogen-bond donors (Lipinski definition) is 2. The van der Waals surface area contributed by atoms with E-state index in [0.29, 0.717) is 30.7 Å². The van der Waals surface area contributed by atoms with Crippen LogP contribution in [0, 0.1) is 6.92 Å². The predicted molar refractivity (Wildman–Crippen MR) is 87.5 cm³/mol. The van der Waals surface area contributed by atoms with Crippen LogP contribution in [0.2, 0.25) is 0 Å². The number of nitrogens with one attached hydrogen (secondary N) is 2. The number of aromatic amines is 1. The van der Waals surface area contributed by atoms with Gasteiger partial charge in [0.25, 0.3) is 0 Å². The number of aromatic nitrogens is 3. The Hall–Kier alpha value is -2.06. The maximum Gasteiger partial charge on any atom is 0.230 e. The van der Waals surface area contributed by atoms with Gasteiger partial charge in [0.15, 0.2) is 5.82 Å². The summed E-state index contributed by atoms with van der Waals surface area (Å²) in [6.45, 7) is 3.29. The minimum Gasteiger partial charge on any atom is -0.485 e. The molecule has 2 aromatic rings. The molecule has 0 fully saturated rings. The van der Waals surface area contributed by atoms with Crippen molar-refractivity contribution in [2.75, 3.05) is 26.0 Å². The molecule has 0 spiro atoms. The van der Waals surface area contributed by atoms with Crippen LogP contribution in [0.1, 0.15) is 11.4 Å². The summed E-state index contributed by atoms with van der Waals surface area (Å²) < 4.78 is 10.6. The molecule has 1 aromatic heterocycles. The number of para-hydroxylation sites is 1. The number of benzene rings is 1. The molecule has 0 atom stereocenters. The average molecular weight is 336 g/mol. The van der Waals surface area contributed by atoms with E-state index in [1.165, 1.54) is 11.8 Å². The van der Waals surface area contributed by atoms with Gasteiger partial charge in [0.2, 0.25) is 11.1 Å². The molecule has 2 rings (SSSR count). The number of aryl methyl sites for hydroxylation is 1. The number of amides is 1. The molecule has 8 heteroatoms. The van der Waals surface area contributed by atoms with Gasteiger partial charge in [0, 0.05) is 13.7 Å². The van der Waals surface area contributed by atoms with Crippen molar-refractivity contribution in [3.05, 3.63) is 35.7 Å². The third kappa shape index (κ3) is 5.91. The summed E-state index contributed by atoms with van der Waals surface area (Å²) in [6, 6.07) is 7.78. The van der Waals surface area contributed by atoms with Gasteiger partial charge >= 0.3 is 0 Å². The summed E-state index contributed by atoms with van der Waals surface area (Å²) >= 11 is 1.27. The van der Waals surface area contributed by atoms with Gasteiger partial charge in [-0.05, 0) is 18.6 Å². The Morgan fingerprint density at radius 1 is 1.39 bits per heavy atom. The highest BCUT2D eigenvalue weighted by Crippen LogP contribution is 2.18. The molecule has 0 saturated carbocycles. The molecule has 2 N–H and O–H groups in total. The van der Waals surface area contributed by atoms with Crippen molar-refractivity contribution in [1.29, 1.82) is 0 Å². The van der Waals surface area contributed by atoms with Crippen molar-refractivity contribution in [1.82, 2.24) is 20.5 Å². The van der Waals surface area contributed by atoms with Gasteiger partial charge in [-0.25, -0.2) is 4.98 Å². The smallest absolute Gasteiger partial charge is 0.230 e. The third-order valence-electron chi connectivity index (χ3n) is 2.93. The summed E-state index contributed by atoms with van der Waals surface area (Å²) in [5.74, 6) is 1.63. The van der Waals surface area contributed by atoms with Gasteiger partial charge in [0.05, 0.1) is 12.4 Å². The minimum absolute atomic E-state index is 0.0745. The van der Waals surface area contributed by atoms with Crippen LogP contribution in [0.25, 0.3) is 0 Å². The second-order valence-corrected chi connectivity index (χ2v) is 5.69. The van der Waals surface area contributed by atoms with Gasteiger partial charge in [-0.2, -0.15) is 0 Å². The Kier molecular flexibility index (Phi) is 6.89. The van der Waals surface area contributed by atoms with E-state index >= 15 is 0 Å². The van der Waals surface area contributed by atoms with Gasteiger partial charge in [-0.1, -0.05) is 30.0 Å². The SMILES string of the molecule is COCCNC(=O)CSc1n[nH]c(COc2ccccc2C)n1. The van der Waals surface area contributed by atoms with Gasteiger partial charge < -0.3 is 14.8 Å². The van der Waals surface area contributed by atoms with E-state index in [9.17, 15) is 4.79 Å². The van der Waals surface area contributed by atoms with Crippen molar-refractivity contribution in [2.24, 2.45) is 0 Å². The number of H-pyrrole nitrogens is 1. The van der Waals surface area contributed by atoms with Crippen LogP contribution in [-0.4, -0.2) is 47.1 Å². The van der Waals surface area contributed by atoms with Crippen molar-refractivity contribution in [2.45, 2.75) is 18.7 Å². The first kappa shape index (κ1) is 17.3. The number of rotatable bonds is 9. The maximum absolute atomic E-state index is 11.6. The summed E-state index contributed by atoms with van der Waals surface area (Å²) in [5.41, 5.74) is 1.06. The Balaban J connectivity index is 1.75. The lowest BCUT2D eigenvalue weighted by Gasteiger charge is -2.06. The topological polar surface area (TPSA) is 89.1 Å². The van der Waals surface area contributed by atoms with Gasteiger partial charge in [0.1, 0.15) is 12.4 Å². The van der Waals surface area contributed by atoms with E-state index in [1.807, 2.05) is 31.2 Å². The highest BCUT2D eigenvalue weighted by molar-refractivity contribution is 7.99. The van der Waals surface area contributed by atoms with Crippen LogP contribution < -0.4 is 10.1 Å². The maximum atomic E-state index is 11.6. The zero-order valence-corrected chi connectivity index (χ0v) is 14.0. The first-order valence-electron chi connectivity index (χ1n) is 7.17. The standard InChI is InChI=1S/C15H20N4O3S/c1-11-5-3-4-6-12(11)22-9-13-17-15(19-18-13)23-10-14(20)16-7-8-21-2/h3-6H,7-10H2,1-2H3,(H,16,20)(H,17,18,19). The predicted octanol–water partition coefficient (Wildman–Crippen LogP) is 1.55. The number of hydrogen-bond acceptors (Lipinski definition) is 6. The summed E-state index contributed by atoms with van der Waals surface area (Å²) in [5, 5.41) is 10.1. The molecule has 124 valence electrons. The van der Waals surface area contributed by atoms with Crippen LogP contribution in [0.5, 0.6) is 5.75 Å². The molecule has 0 radical (unpaired) electrons. The summed E-state index contributed by atoms with van der Waals surface area (Å²) in [6.07, 6.45) is 0. The summed E-state index contributed by atoms with van der Waals surface area (Å²) in [4.78, 5) is 15.9. The van der Waals surface area contributed by atoms with Crippen molar-refractivity contribution in [3.63, 3.8) is 0 Å². The molecular formula is C15H20N4O3S. The third-order valence-corrected chi connectivity index (χ3v) is 3.78. The number of ether oxygens (including phenoxy) is 2. The molecular weight excluding hydrogens is 316 g/mol. The van der Waals surface area contributed by atoms with E-state index in [4.69, 9.17) is 9.47 Å². The van der Waals surface area contributed by atoms with E-state index in [0.717, 1.165) is 11.3 Å². The minimum atomic E-state index is -0.0745. The van der Waals surface area contributed by atoms with Crippen molar-refractivity contribution >= 4 is 17.7 Å². The molecule has 0 aliphatic rings. The second-order valence-electron chi connectivity index (χ2n) is 4.75. The van der Waals surface area contributed by atoms with Crippen molar-refractivity contribution < 1.29 is 14.3 Å². The quantitative estimate of drug-likeness (QED) is 0.533. The average Bonchev–Trinajstić information content (AvgIpc) is 3.00. The molecule has 0 aliphatic carbocycles. The Bertz CT molecular complexity index is 633. The fourth-order valence-electron chi connectivity index (χ4n) is 1.75. The highest BCUT2D eigenvalue weighted by atomic mass is 32.2. The lowest BCUT2D eigenvalue weighted by molar-refractivity contribution is -0.118. The zero-order chi connectivity index (χ0) is 16.5. The van der Waals surface area contributed by atoms with Crippen LogP contribution in [0.15, 0.2) is 29.4 Å². The molecule has 0 saturated heterocycles. The Morgan fingerprint density at radius 2 is 2.22 bits per heavy atom. The number of thioether (sulfide) groups is 1. The van der Waals surface area contributed by atoms with Gasteiger partial charge in [-0.15, -0.1) is 5.10 Å². The molecule has 23 heavy (non-hydrogen) atoms. The monoisotopic (exact) mass is 336 g/mol.